The highest BCUT2D eigenvalue weighted by molar-refractivity contribution is 7.91. The highest BCUT2D eigenvalue weighted by Crippen LogP contribution is 2.17. The molecule has 0 aliphatic heterocycles. The number of hydrogen-bond donors (Lipinski definition) is 2. The van der Waals surface area contributed by atoms with Gasteiger partial charge in [-0.25, -0.2) is 8.42 Å². The highest BCUT2D eigenvalue weighted by atomic mass is 32.2. The Kier molecular flexibility index (Phi) is 5.76. The number of ether oxygens (including phenoxy) is 1. The smallest absolute Gasteiger partial charge is 0.252 e. The molecule has 0 fully saturated rings. The average Bonchev–Trinajstić information content (AvgIpc) is 3.06. The highest BCUT2D eigenvalue weighted by Gasteiger charge is 2.13. The molecule has 8 heteroatoms. The molecule has 120 valence electrons. The fourth-order valence-corrected chi connectivity index (χ4v) is 3.60. The molecule has 0 saturated heterocycles. The SMILES string of the molecule is NC(=O)c1ccccc1OCC#CCNS(=O)(=O)c1cccs1. The van der Waals surface area contributed by atoms with E-state index in [0.717, 1.165) is 11.3 Å². The van der Waals surface area contributed by atoms with E-state index in [1.165, 1.54) is 6.07 Å². The predicted molar refractivity (Wildman–Crippen MR) is 87.7 cm³/mol. The Morgan fingerprint density at radius 1 is 1.22 bits per heavy atom. The van der Waals surface area contributed by atoms with Gasteiger partial charge >= 0.3 is 0 Å². The van der Waals surface area contributed by atoms with Gasteiger partial charge in [-0.2, -0.15) is 4.72 Å². The third kappa shape index (κ3) is 4.82. The van der Waals surface area contributed by atoms with E-state index in [-0.39, 0.29) is 22.9 Å². The number of amides is 1. The number of primary amides is 1. The van der Waals surface area contributed by atoms with Crippen molar-refractivity contribution in [1.29, 1.82) is 0 Å². The molecule has 6 nitrogen and oxygen atoms in total. The number of hydrogen-bond acceptors (Lipinski definition) is 5. The van der Waals surface area contributed by atoms with Gasteiger partial charge in [0.1, 0.15) is 16.6 Å². The standard InChI is InChI=1S/C15H14N2O4S2/c16-15(18)12-6-1-2-7-13(12)21-10-4-3-9-17-23(19,20)14-8-5-11-22-14/h1-2,5-8,11,17H,9-10H2,(H2,16,18). The molecule has 1 aromatic heterocycles. The van der Waals surface area contributed by atoms with E-state index >= 15 is 0 Å². The largest absolute Gasteiger partial charge is 0.480 e. The first kappa shape index (κ1) is 17.0. The first-order chi connectivity index (χ1) is 11.0. The number of nitrogens with one attached hydrogen (secondary N) is 1. The molecular weight excluding hydrogens is 336 g/mol. The minimum atomic E-state index is -3.51. The number of thiophene rings is 1. The van der Waals surface area contributed by atoms with Crippen LogP contribution in [0, 0.1) is 11.8 Å². The summed E-state index contributed by atoms with van der Waals surface area (Å²) >= 11 is 1.13. The zero-order chi connectivity index (χ0) is 16.7. The van der Waals surface area contributed by atoms with Gasteiger partial charge in [-0.3, -0.25) is 4.79 Å². The minimum absolute atomic E-state index is 0.0189. The first-order valence-corrected chi connectivity index (χ1v) is 8.87. The number of rotatable bonds is 6. The van der Waals surface area contributed by atoms with E-state index in [1.807, 2.05) is 0 Å². The molecule has 23 heavy (non-hydrogen) atoms. The number of nitrogens with two attached hydrogens (primary N) is 1. The summed E-state index contributed by atoms with van der Waals surface area (Å²) in [6.45, 7) is -0.00785. The van der Waals surface area contributed by atoms with Crippen LogP contribution < -0.4 is 15.2 Å². The zero-order valence-corrected chi connectivity index (χ0v) is 13.6. The maximum Gasteiger partial charge on any atom is 0.252 e. The molecule has 0 aliphatic rings. The summed E-state index contributed by atoms with van der Waals surface area (Å²) in [6.07, 6.45) is 0. The Morgan fingerprint density at radius 3 is 2.70 bits per heavy atom. The quantitative estimate of drug-likeness (QED) is 0.765. The topological polar surface area (TPSA) is 98.5 Å². The Labute approximate surface area is 138 Å². The molecule has 0 radical (unpaired) electrons. The summed E-state index contributed by atoms with van der Waals surface area (Å²) in [6, 6.07) is 9.74. The normalized spacial score (nSPS) is 10.6. The molecule has 1 heterocycles. The van der Waals surface area contributed by atoms with Crippen LogP contribution in [-0.4, -0.2) is 27.5 Å². The van der Waals surface area contributed by atoms with Crippen LogP contribution in [0.4, 0.5) is 0 Å². The number of carbonyl (C=O) groups is 1. The van der Waals surface area contributed by atoms with Gasteiger partial charge in [0, 0.05) is 0 Å². The van der Waals surface area contributed by atoms with Crippen molar-refractivity contribution in [3.05, 3.63) is 47.3 Å². The number of carbonyl (C=O) groups excluding carboxylic acids is 1. The second kappa shape index (κ2) is 7.78. The maximum absolute atomic E-state index is 11.8. The van der Waals surface area contributed by atoms with E-state index in [0.29, 0.717) is 5.75 Å². The van der Waals surface area contributed by atoms with Gasteiger partial charge < -0.3 is 10.5 Å². The fraction of sp³-hybridized carbons (Fsp3) is 0.133. The Bertz CT molecular complexity index is 834. The molecule has 0 atom stereocenters. The molecular formula is C15H14N2O4S2. The molecule has 0 aliphatic carbocycles. The molecule has 1 amide bonds. The van der Waals surface area contributed by atoms with Gasteiger partial charge in [0.15, 0.2) is 0 Å². The van der Waals surface area contributed by atoms with E-state index in [9.17, 15) is 13.2 Å². The van der Waals surface area contributed by atoms with Gasteiger partial charge in [0.25, 0.3) is 15.9 Å². The molecule has 0 unspecified atom stereocenters. The average molecular weight is 350 g/mol. The number of benzene rings is 1. The van der Waals surface area contributed by atoms with E-state index in [1.54, 1.807) is 35.7 Å². The third-order valence-corrected chi connectivity index (χ3v) is 5.49. The molecule has 0 spiro atoms. The van der Waals surface area contributed by atoms with Crippen LogP contribution in [0.2, 0.25) is 0 Å². The Morgan fingerprint density at radius 2 is 2.00 bits per heavy atom. The van der Waals surface area contributed by atoms with E-state index in [2.05, 4.69) is 16.6 Å². The third-order valence-electron chi connectivity index (χ3n) is 2.69. The lowest BCUT2D eigenvalue weighted by atomic mass is 10.2. The van der Waals surface area contributed by atoms with Crippen molar-refractivity contribution < 1.29 is 17.9 Å². The van der Waals surface area contributed by atoms with E-state index < -0.39 is 15.9 Å². The summed E-state index contributed by atoms with van der Waals surface area (Å²) in [4.78, 5) is 11.2. The lowest BCUT2D eigenvalue weighted by molar-refractivity contribution is 0.0997. The van der Waals surface area contributed by atoms with Crippen LogP contribution in [-0.2, 0) is 10.0 Å². The first-order valence-electron chi connectivity index (χ1n) is 6.51. The van der Waals surface area contributed by atoms with Crippen molar-refractivity contribution in [1.82, 2.24) is 4.72 Å². The fourth-order valence-electron chi connectivity index (χ4n) is 1.64. The lowest BCUT2D eigenvalue weighted by Crippen LogP contribution is -2.23. The summed E-state index contributed by atoms with van der Waals surface area (Å²) in [5.74, 6) is 5.07. The molecule has 2 aromatic rings. The summed E-state index contributed by atoms with van der Waals surface area (Å²) in [5, 5.41) is 1.68. The number of para-hydroxylation sites is 1. The Hall–Kier alpha value is -2.34. The van der Waals surface area contributed by atoms with Gasteiger partial charge in [-0.1, -0.05) is 30.0 Å². The van der Waals surface area contributed by atoms with Crippen molar-refractivity contribution in [3.63, 3.8) is 0 Å². The van der Waals surface area contributed by atoms with Crippen LogP contribution in [0.5, 0.6) is 5.75 Å². The molecule has 0 saturated carbocycles. The van der Waals surface area contributed by atoms with Crippen LogP contribution in [0.15, 0.2) is 46.0 Å². The summed E-state index contributed by atoms with van der Waals surface area (Å²) in [7, 11) is -3.51. The lowest BCUT2D eigenvalue weighted by Gasteiger charge is -2.05. The second-order valence-electron chi connectivity index (χ2n) is 4.26. The van der Waals surface area contributed by atoms with Crippen molar-refractivity contribution in [3.8, 4) is 17.6 Å². The molecule has 3 N–H and O–H groups in total. The van der Waals surface area contributed by atoms with Crippen molar-refractivity contribution in [2.24, 2.45) is 5.73 Å². The van der Waals surface area contributed by atoms with Crippen molar-refractivity contribution in [2.45, 2.75) is 4.21 Å². The second-order valence-corrected chi connectivity index (χ2v) is 7.20. The van der Waals surface area contributed by atoms with Crippen molar-refractivity contribution >= 4 is 27.3 Å². The van der Waals surface area contributed by atoms with Crippen LogP contribution in [0.25, 0.3) is 0 Å². The van der Waals surface area contributed by atoms with Crippen LogP contribution >= 0.6 is 11.3 Å². The Balaban J connectivity index is 1.85. The van der Waals surface area contributed by atoms with Gasteiger partial charge in [-0.05, 0) is 23.6 Å². The number of sulfonamides is 1. The van der Waals surface area contributed by atoms with E-state index in [4.69, 9.17) is 10.5 Å². The van der Waals surface area contributed by atoms with Gasteiger partial charge in [-0.15, -0.1) is 11.3 Å². The molecule has 1 aromatic carbocycles. The maximum atomic E-state index is 11.8. The van der Waals surface area contributed by atoms with Crippen molar-refractivity contribution in [2.75, 3.05) is 13.2 Å². The summed E-state index contributed by atoms with van der Waals surface area (Å²) < 4.78 is 31.6. The van der Waals surface area contributed by atoms with Crippen LogP contribution in [0.1, 0.15) is 10.4 Å². The van der Waals surface area contributed by atoms with Crippen LogP contribution in [0.3, 0.4) is 0 Å². The minimum Gasteiger partial charge on any atom is -0.480 e. The van der Waals surface area contributed by atoms with Gasteiger partial charge in [0.05, 0.1) is 12.1 Å². The van der Waals surface area contributed by atoms with Gasteiger partial charge in [0.2, 0.25) is 0 Å². The monoisotopic (exact) mass is 350 g/mol. The molecule has 2 rings (SSSR count). The molecule has 0 bridgehead atoms. The summed E-state index contributed by atoms with van der Waals surface area (Å²) in [5.41, 5.74) is 5.50. The predicted octanol–water partition coefficient (Wildman–Crippen LogP) is 1.21. The zero-order valence-electron chi connectivity index (χ0n) is 12.0.